The molecule has 6 nitrogen and oxygen atoms in total. The number of pyridine rings is 1. The molecule has 0 aliphatic carbocycles. The molecule has 0 saturated heterocycles. The largest absolute Gasteiger partial charge is 0.326 e. The van der Waals surface area contributed by atoms with Gasteiger partial charge in [-0.05, 0) is 62.2 Å². The van der Waals surface area contributed by atoms with Crippen molar-refractivity contribution in [2.45, 2.75) is 32.3 Å². The zero-order chi connectivity index (χ0) is 21.3. The minimum atomic E-state index is -0.0798. The molecule has 4 rings (SSSR count). The number of benzene rings is 2. The summed E-state index contributed by atoms with van der Waals surface area (Å²) < 4.78 is 2.07. The van der Waals surface area contributed by atoms with Crippen LogP contribution in [0.15, 0.2) is 53.7 Å². The summed E-state index contributed by atoms with van der Waals surface area (Å²) in [6.45, 7) is 5.68. The number of hydrogen-bond acceptors (Lipinski definition) is 5. The number of hydrogen-bond donors (Lipinski definition) is 1. The highest BCUT2D eigenvalue weighted by Gasteiger charge is 2.14. The number of fused-ring (bicyclic) bond motifs is 3. The Kier molecular flexibility index (Phi) is 5.55. The van der Waals surface area contributed by atoms with Crippen LogP contribution in [0, 0.1) is 13.8 Å². The number of aromatic nitrogens is 3. The van der Waals surface area contributed by atoms with Crippen LogP contribution in [0.4, 0.5) is 5.69 Å². The summed E-state index contributed by atoms with van der Waals surface area (Å²) in [6, 6.07) is 15.2. The monoisotopic (exact) mass is 418 g/mol. The Morgan fingerprint density at radius 2 is 1.80 bits per heavy atom. The molecule has 0 saturated carbocycles. The number of anilines is 1. The summed E-state index contributed by atoms with van der Waals surface area (Å²) in [5, 5.41) is 13.5. The Bertz CT molecular complexity index is 1260. The maximum absolute atomic E-state index is 12.3. The summed E-state index contributed by atoms with van der Waals surface area (Å²) in [5.41, 5.74) is 5.55. The minimum absolute atomic E-state index is 0.00256. The van der Waals surface area contributed by atoms with Crippen LogP contribution < -0.4 is 5.32 Å². The number of carbonyl (C=O) groups excluding carboxylic acids is 2. The molecule has 2 aromatic carbocycles. The average Bonchev–Trinajstić information content (AvgIpc) is 3.11. The van der Waals surface area contributed by atoms with Crippen molar-refractivity contribution in [3.05, 3.63) is 65.2 Å². The van der Waals surface area contributed by atoms with E-state index in [2.05, 4.69) is 52.0 Å². The second-order valence-corrected chi connectivity index (χ2v) is 8.32. The van der Waals surface area contributed by atoms with E-state index in [1.54, 1.807) is 24.3 Å². The van der Waals surface area contributed by atoms with Gasteiger partial charge in [0.05, 0.1) is 5.52 Å². The van der Waals surface area contributed by atoms with E-state index >= 15 is 0 Å². The first-order valence-electron chi connectivity index (χ1n) is 9.72. The van der Waals surface area contributed by atoms with E-state index in [9.17, 15) is 9.59 Å². The molecule has 1 amide bonds. The van der Waals surface area contributed by atoms with Crippen molar-refractivity contribution in [1.29, 1.82) is 0 Å². The molecule has 0 aliphatic heterocycles. The molecule has 7 heteroatoms. The number of para-hydroxylation sites is 1. The third-order valence-electron chi connectivity index (χ3n) is 5.03. The van der Waals surface area contributed by atoms with Crippen molar-refractivity contribution in [2.75, 3.05) is 11.1 Å². The van der Waals surface area contributed by atoms with Crippen molar-refractivity contribution in [2.24, 2.45) is 0 Å². The molecule has 0 unspecified atom stereocenters. The average molecular weight is 419 g/mol. The van der Waals surface area contributed by atoms with Crippen LogP contribution in [0.3, 0.4) is 0 Å². The number of aryl methyl sites for hydroxylation is 2. The van der Waals surface area contributed by atoms with Crippen LogP contribution in [0.5, 0.6) is 0 Å². The van der Waals surface area contributed by atoms with E-state index in [4.69, 9.17) is 0 Å². The van der Waals surface area contributed by atoms with Gasteiger partial charge in [-0.25, -0.2) is 0 Å². The van der Waals surface area contributed by atoms with Gasteiger partial charge in [0, 0.05) is 28.8 Å². The molecule has 0 radical (unpaired) electrons. The Morgan fingerprint density at radius 1 is 1.03 bits per heavy atom. The lowest BCUT2D eigenvalue weighted by molar-refractivity contribution is -0.115. The summed E-state index contributed by atoms with van der Waals surface area (Å²) >= 11 is 1.52. The number of ketones is 1. The lowest BCUT2D eigenvalue weighted by Crippen LogP contribution is -2.12. The minimum Gasteiger partial charge on any atom is -0.326 e. The highest BCUT2D eigenvalue weighted by atomic mass is 32.2. The maximum atomic E-state index is 12.3. The van der Waals surface area contributed by atoms with Gasteiger partial charge in [-0.15, -0.1) is 10.2 Å². The van der Waals surface area contributed by atoms with Gasteiger partial charge in [-0.2, -0.15) is 0 Å². The molecule has 4 aromatic rings. The van der Waals surface area contributed by atoms with Crippen LogP contribution in [0.1, 0.15) is 34.8 Å². The molecule has 0 aliphatic rings. The number of rotatable bonds is 6. The number of nitrogens with one attached hydrogen (secondary N) is 1. The molecule has 2 heterocycles. The van der Waals surface area contributed by atoms with Crippen molar-refractivity contribution < 1.29 is 9.59 Å². The summed E-state index contributed by atoms with van der Waals surface area (Å²) in [5.74, 6) is 0.505. The van der Waals surface area contributed by atoms with Crippen LogP contribution in [-0.2, 0) is 4.79 Å². The smallest absolute Gasteiger partial charge is 0.225 e. The standard InChI is InChI=1S/C23H22N4O2S/c1-14-5-4-6-19-15(2)13-20-25-26-23(27(20)22(14)19)30-12-11-21(29)24-18-9-7-17(8-10-18)16(3)28/h4-10,13H,11-12H2,1-3H3,(H,24,29). The SMILES string of the molecule is CC(=O)c1ccc(NC(=O)CCSc2nnc3cc(C)c4cccc(C)c4n23)cc1. The van der Waals surface area contributed by atoms with Gasteiger partial charge in [0.25, 0.3) is 0 Å². The highest BCUT2D eigenvalue weighted by molar-refractivity contribution is 7.99. The molecule has 0 spiro atoms. The fraction of sp³-hybridized carbons (Fsp3) is 0.217. The number of Topliss-reactive ketones (excluding diaryl/α,β-unsaturated/α-hetero) is 1. The van der Waals surface area contributed by atoms with E-state index in [0.717, 1.165) is 21.9 Å². The van der Waals surface area contributed by atoms with E-state index in [-0.39, 0.29) is 11.7 Å². The molecule has 0 fully saturated rings. The van der Waals surface area contributed by atoms with E-state index in [0.29, 0.717) is 23.4 Å². The zero-order valence-corrected chi connectivity index (χ0v) is 17.9. The van der Waals surface area contributed by atoms with E-state index in [1.807, 2.05) is 6.07 Å². The predicted octanol–water partition coefficient (Wildman–Crippen LogP) is 4.82. The summed E-state index contributed by atoms with van der Waals surface area (Å²) in [4.78, 5) is 23.6. The molecule has 0 bridgehead atoms. The second kappa shape index (κ2) is 8.28. The summed E-state index contributed by atoms with van der Waals surface area (Å²) in [6.07, 6.45) is 0.344. The van der Waals surface area contributed by atoms with Gasteiger partial charge in [0.2, 0.25) is 5.91 Å². The first-order valence-corrected chi connectivity index (χ1v) is 10.7. The Labute approximate surface area is 178 Å². The molecule has 1 N–H and O–H groups in total. The lowest BCUT2D eigenvalue weighted by Gasteiger charge is -2.10. The van der Waals surface area contributed by atoms with E-state index in [1.165, 1.54) is 29.6 Å². The van der Waals surface area contributed by atoms with Crippen LogP contribution in [0.2, 0.25) is 0 Å². The Hall–Kier alpha value is -3.19. The first-order chi connectivity index (χ1) is 14.4. The van der Waals surface area contributed by atoms with Crippen LogP contribution >= 0.6 is 11.8 Å². The third kappa shape index (κ3) is 3.93. The zero-order valence-electron chi connectivity index (χ0n) is 17.1. The normalized spacial score (nSPS) is 11.2. The number of nitrogens with zero attached hydrogens (tertiary/aromatic N) is 3. The molecule has 30 heavy (non-hydrogen) atoms. The van der Waals surface area contributed by atoms with Gasteiger partial charge in [0.15, 0.2) is 16.6 Å². The number of carbonyl (C=O) groups is 2. The molecule has 2 aromatic heterocycles. The molecule has 0 atom stereocenters. The van der Waals surface area contributed by atoms with Crippen LogP contribution in [-0.4, -0.2) is 32.0 Å². The van der Waals surface area contributed by atoms with Gasteiger partial charge >= 0.3 is 0 Å². The Balaban J connectivity index is 1.46. The third-order valence-corrected chi connectivity index (χ3v) is 5.96. The quantitative estimate of drug-likeness (QED) is 0.359. The van der Waals surface area contributed by atoms with Gasteiger partial charge in [-0.1, -0.05) is 30.0 Å². The van der Waals surface area contributed by atoms with Crippen molar-refractivity contribution in [3.63, 3.8) is 0 Å². The fourth-order valence-electron chi connectivity index (χ4n) is 3.47. The first kappa shape index (κ1) is 20.1. The summed E-state index contributed by atoms with van der Waals surface area (Å²) in [7, 11) is 0. The lowest BCUT2D eigenvalue weighted by atomic mass is 10.1. The van der Waals surface area contributed by atoms with Crippen molar-refractivity contribution in [1.82, 2.24) is 14.6 Å². The highest BCUT2D eigenvalue weighted by Crippen LogP contribution is 2.28. The predicted molar refractivity (Wildman–Crippen MR) is 120 cm³/mol. The van der Waals surface area contributed by atoms with Gasteiger partial charge in [0.1, 0.15) is 0 Å². The number of amides is 1. The van der Waals surface area contributed by atoms with Crippen molar-refractivity contribution in [3.8, 4) is 0 Å². The van der Waals surface area contributed by atoms with Crippen molar-refractivity contribution >= 4 is 45.7 Å². The topological polar surface area (TPSA) is 76.4 Å². The Morgan fingerprint density at radius 3 is 2.53 bits per heavy atom. The molecular formula is C23H22N4O2S. The second-order valence-electron chi connectivity index (χ2n) is 7.25. The van der Waals surface area contributed by atoms with Crippen LogP contribution in [0.25, 0.3) is 16.6 Å². The molecule has 152 valence electrons. The van der Waals surface area contributed by atoms with Gasteiger partial charge in [-0.3, -0.25) is 14.0 Å². The fourth-order valence-corrected chi connectivity index (χ4v) is 4.35. The number of thioether (sulfide) groups is 1. The maximum Gasteiger partial charge on any atom is 0.225 e. The van der Waals surface area contributed by atoms with Gasteiger partial charge < -0.3 is 5.32 Å². The van der Waals surface area contributed by atoms with E-state index < -0.39 is 0 Å². The molecular weight excluding hydrogens is 396 g/mol.